The van der Waals surface area contributed by atoms with E-state index < -0.39 is 0 Å². The quantitative estimate of drug-likeness (QED) is 0.638. The summed E-state index contributed by atoms with van der Waals surface area (Å²) >= 11 is 5.05. The van der Waals surface area contributed by atoms with E-state index in [-0.39, 0.29) is 0 Å². The number of aryl methyl sites for hydroxylation is 1. The maximum atomic E-state index is 5.05. The monoisotopic (exact) mass is 165 g/mol. The molecule has 2 heteroatoms. The summed E-state index contributed by atoms with van der Waals surface area (Å²) in [6, 6.07) is 8.15. The average Bonchev–Trinajstić information content (AvgIpc) is 2.05. The van der Waals surface area contributed by atoms with E-state index in [1.165, 1.54) is 5.56 Å². The minimum atomic E-state index is 0.796. The van der Waals surface area contributed by atoms with Gasteiger partial charge < -0.3 is 5.32 Å². The summed E-state index contributed by atoms with van der Waals surface area (Å²) in [7, 11) is 1.84. The van der Waals surface area contributed by atoms with Crippen molar-refractivity contribution in [1.29, 1.82) is 0 Å². The summed E-state index contributed by atoms with van der Waals surface area (Å²) in [5.41, 5.74) is 2.33. The fourth-order valence-corrected chi connectivity index (χ4v) is 0.985. The molecule has 0 aliphatic rings. The Morgan fingerprint density at radius 1 is 1.27 bits per heavy atom. The molecular formula is C9H11NS. The topological polar surface area (TPSA) is 12.0 Å². The van der Waals surface area contributed by atoms with Crippen LogP contribution in [-0.4, -0.2) is 12.0 Å². The van der Waals surface area contributed by atoms with Gasteiger partial charge in [0, 0.05) is 12.6 Å². The van der Waals surface area contributed by atoms with Crippen LogP contribution in [0.4, 0.5) is 0 Å². The Morgan fingerprint density at radius 2 is 1.82 bits per heavy atom. The molecule has 58 valence electrons. The van der Waals surface area contributed by atoms with Crippen molar-refractivity contribution in [3.05, 3.63) is 35.4 Å². The Morgan fingerprint density at radius 3 is 2.27 bits per heavy atom. The molecule has 11 heavy (non-hydrogen) atoms. The number of thiocarbonyl (C=S) groups is 1. The van der Waals surface area contributed by atoms with Crippen molar-refractivity contribution in [2.45, 2.75) is 6.92 Å². The molecule has 0 aliphatic heterocycles. The van der Waals surface area contributed by atoms with Crippen LogP contribution < -0.4 is 5.32 Å². The Bertz CT molecular complexity index is 251. The first-order valence-corrected chi connectivity index (χ1v) is 3.93. The highest BCUT2D eigenvalue weighted by Crippen LogP contribution is 2.02. The van der Waals surface area contributed by atoms with E-state index in [0.29, 0.717) is 0 Å². The number of nitrogens with one attached hydrogen (secondary N) is 1. The van der Waals surface area contributed by atoms with Crippen molar-refractivity contribution in [1.82, 2.24) is 5.32 Å². The lowest BCUT2D eigenvalue weighted by Gasteiger charge is -2.01. The van der Waals surface area contributed by atoms with Crippen molar-refractivity contribution in [3.63, 3.8) is 0 Å². The van der Waals surface area contributed by atoms with Crippen LogP contribution in [0.5, 0.6) is 0 Å². The van der Waals surface area contributed by atoms with Gasteiger partial charge in [-0.15, -0.1) is 0 Å². The van der Waals surface area contributed by atoms with E-state index in [9.17, 15) is 0 Å². The zero-order valence-electron chi connectivity index (χ0n) is 6.72. The molecule has 0 heterocycles. The van der Waals surface area contributed by atoms with Gasteiger partial charge in [0.15, 0.2) is 0 Å². The summed E-state index contributed by atoms with van der Waals surface area (Å²) in [4.78, 5) is 0.796. The van der Waals surface area contributed by atoms with Crippen molar-refractivity contribution in [2.75, 3.05) is 7.05 Å². The lowest BCUT2D eigenvalue weighted by molar-refractivity contribution is 1.20. The first-order valence-electron chi connectivity index (χ1n) is 3.53. The summed E-state index contributed by atoms with van der Waals surface area (Å²) in [6.07, 6.45) is 0. The second-order valence-corrected chi connectivity index (χ2v) is 2.85. The smallest absolute Gasteiger partial charge is 0.106 e. The largest absolute Gasteiger partial charge is 0.379 e. The van der Waals surface area contributed by atoms with Gasteiger partial charge in [-0.3, -0.25) is 0 Å². The van der Waals surface area contributed by atoms with E-state index in [1.54, 1.807) is 0 Å². The van der Waals surface area contributed by atoms with E-state index in [0.717, 1.165) is 10.6 Å². The van der Waals surface area contributed by atoms with Gasteiger partial charge in [-0.2, -0.15) is 0 Å². The fraction of sp³-hybridized carbons (Fsp3) is 0.222. The molecule has 0 unspecified atom stereocenters. The third-order valence-electron chi connectivity index (χ3n) is 1.54. The second kappa shape index (κ2) is 3.49. The summed E-state index contributed by atoms with van der Waals surface area (Å²) < 4.78 is 0. The first-order chi connectivity index (χ1) is 5.24. The first kappa shape index (κ1) is 8.21. The van der Waals surface area contributed by atoms with Crippen LogP contribution >= 0.6 is 12.2 Å². The number of benzene rings is 1. The molecular weight excluding hydrogens is 154 g/mol. The molecule has 0 aliphatic carbocycles. The lowest BCUT2D eigenvalue weighted by atomic mass is 10.1. The van der Waals surface area contributed by atoms with Gasteiger partial charge in [0.1, 0.15) is 4.99 Å². The molecule has 0 spiro atoms. The zero-order valence-corrected chi connectivity index (χ0v) is 7.53. The van der Waals surface area contributed by atoms with Gasteiger partial charge in [-0.05, 0) is 6.92 Å². The zero-order chi connectivity index (χ0) is 8.27. The molecule has 0 amide bonds. The SMILES string of the molecule is CNC(=S)c1ccc(C)cc1. The minimum Gasteiger partial charge on any atom is -0.379 e. The van der Waals surface area contributed by atoms with Gasteiger partial charge in [0.05, 0.1) is 0 Å². The van der Waals surface area contributed by atoms with E-state index >= 15 is 0 Å². The van der Waals surface area contributed by atoms with Crippen molar-refractivity contribution < 1.29 is 0 Å². The van der Waals surface area contributed by atoms with E-state index in [1.807, 2.05) is 19.2 Å². The highest BCUT2D eigenvalue weighted by Gasteiger charge is 1.95. The van der Waals surface area contributed by atoms with E-state index in [4.69, 9.17) is 12.2 Å². The predicted molar refractivity (Wildman–Crippen MR) is 51.9 cm³/mol. The van der Waals surface area contributed by atoms with Crippen LogP contribution in [0.1, 0.15) is 11.1 Å². The molecule has 1 nitrogen and oxygen atoms in total. The summed E-state index contributed by atoms with van der Waals surface area (Å²) in [5, 5.41) is 2.93. The third kappa shape index (κ3) is 2.02. The molecule has 0 fully saturated rings. The van der Waals surface area contributed by atoms with Crippen molar-refractivity contribution >= 4 is 17.2 Å². The molecule has 1 N–H and O–H groups in total. The van der Waals surface area contributed by atoms with Crippen LogP contribution in [0.3, 0.4) is 0 Å². The molecule has 0 saturated carbocycles. The fourth-order valence-electron chi connectivity index (χ4n) is 0.849. The molecule has 1 rings (SSSR count). The number of hydrogen-bond acceptors (Lipinski definition) is 1. The molecule has 0 atom stereocenters. The maximum Gasteiger partial charge on any atom is 0.106 e. The van der Waals surface area contributed by atoms with Crippen LogP contribution in [-0.2, 0) is 0 Å². The second-order valence-electron chi connectivity index (χ2n) is 2.45. The van der Waals surface area contributed by atoms with Gasteiger partial charge in [-0.25, -0.2) is 0 Å². The molecule has 0 saturated heterocycles. The molecule has 0 aromatic heterocycles. The minimum absolute atomic E-state index is 0.796. The predicted octanol–water partition coefficient (Wildman–Crippen LogP) is 1.89. The lowest BCUT2D eigenvalue weighted by Crippen LogP contribution is -2.16. The Hall–Kier alpha value is -0.890. The molecule has 0 bridgehead atoms. The average molecular weight is 165 g/mol. The summed E-state index contributed by atoms with van der Waals surface area (Å²) in [5.74, 6) is 0. The van der Waals surface area contributed by atoms with Crippen LogP contribution in [0, 0.1) is 6.92 Å². The van der Waals surface area contributed by atoms with Gasteiger partial charge in [-0.1, -0.05) is 42.0 Å². The van der Waals surface area contributed by atoms with Crippen LogP contribution in [0.2, 0.25) is 0 Å². The summed E-state index contributed by atoms with van der Waals surface area (Å²) in [6.45, 7) is 2.06. The molecule has 0 radical (unpaired) electrons. The Labute approximate surface area is 72.4 Å². The van der Waals surface area contributed by atoms with Gasteiger partial charge in [0.25, 0.3) is 0 Å². The van der Waals surface area contributed by atoms with Crippen molar-refractivity contribution in [3.8, 4) is 0 Å². The normalized spacial score (nSPS) is 9.27. The third-order valence-corrected chi connectivity index (χ3v) is 1.98. The maximum absolute atomic E-state index is 5.05. The van der Waals surface area contributed by atoms with Crippen LogP contribution in [0.25, 0.3) is 0 Å². The van der Waals surface area contributed by atoms with Gasteiger partial charge >= 0.3 is 0 Å². The Balaban J connectivity index is 2.90. The van der Waals surface area contributed by atoms with Crippen LogP contribution in [0.15, 0.2) is 24.3 Å². The number of rotatable bonds is 1. The van der Waals surface area contributed by atoms with Crippen molar-refractivity contribution in [2.24, 2.45) is 0 Å². The highest BCUT2D eigenvalue weighted by atomic mass is 32.1. The number of hydrogen-bond donors (Lipinski definition) is 1. The van der Waals surface area contributed by atoms with Gasteiger partial charge in [0.2, 0.25) is 0 Å². The van der Waals surface area contributed by atoms with E-state index in [2.05, 4.69) is 24.4 Å². The highest BCUT2D eigenvalue weighted by molar-refractivity contribution is 7.80. The molecule has 1 aromatic rings. The standard InChI is InChI=1S/C9H11NS/c1-7-3-5-8(6-4-7)9(11)10-2/h3-6H,1-2H3,(H,10,11). The Kier molecular flexibility index (Phi) is 2.60. The molecule has 1 aromatic carbocycles.